The van der Waals surface area contributed by atoms with Gasteiger partial charge in [-0.1, -0.05) is 22.0 Å². The maximum absolute atomic E-state index is 13.7. The van der Waals surface area contributed by atoms with Crippen LogP contribution in [-0.4, -0.2) is 10.9 Å². The summed E-state index contributed by atoms with van der Waals surface area (Å²) in [5.74, 6) is -0.0103. The van der Waals surface area contributed by atoms with Crippen LogP contribution in [0.25, 0.3) is 0 Å². The number of anilines is 1. The van der Waals surface area contributed by atoms with Crippen LogP contribution in [0.4, 0.5) is 10.1 Å². The van der Waals surface area contributed by atoms with Crippen LogP contribution in [0, 0.1) is 5.82 Å². The monoisotopic (exact) mass is 416 g/mol. The number of halogens is 2. The molecular formula is C19H14BrFN2OS. The van der Waals surface area contributed by atoms with Crippen molar-refractivity contribution in [2.75, 3.05) is 5.32 Å². The average molecular weight is 417 g/mol. The van der Waals surface area contributed by atoms with E-state index >= 15 is 0 Å². The second-order valence-electron chi connectivity index (χ2n) is 5.25. The predicted molar refractivity (Wildman–Crippen MR) is 102 cm³/mol. The third kappa shape index (κ3) is 4.90. The number of amides is 1. The molecule has 0 atom stereocenters. The zero-order valence-electron chi connectivity index (χ0n) is 13.1. The summed E-state index contributed by atoms with van der Waals surface area (Å²) in [5.41, 5.74) is 1.76. The van der Waals surface area contributed by atoms with Crippen molar-refractivity contribution in [2.24, 2.45) is 0 Å². The molecule has 2 aromatic carbocycles. The molecule has 3 rings (SSSR count). The number of pyridine rings is 1. The van der Waals surface area contributed by atoms with Crippen LogP contribution < -0.4 is 5.32 Å². The van der Waals surface area contributed by atoms with Crippen molar-refractivity contribution in [3.05, 3.63) is 88.4 Å². The maximum Gasteiger partial charge on any atom is 0.255 e. The Hall–Kier alpha value is -2.18. The number of rotatable bonds is 5. The number of hydrogen-bond acceptors (Lipinski definition) is 3. The van der Waals surface area contributed by atoms with E-state index < -0.39 is 5.82 Å². The van der Waals surface area contributed by atoms with Crippen LogP contribution >= 0.6 is 27.7 Å². The van der Waals surface area contributed by atoms with Crippen molar-refractivity contribution < 1.29 is 9.18 Å². The lowest BCUT2D eigenvalue weighted by atomic mass is 10.2. The van der Waals surface area contributed by atoms with E-state index in [4.69, 9.17) is 0 Å². The highest BCUT2D eigenvalue weighted by molar-refractivity contribution is 9.10. The van der Waals surface area contributed by atoms with Crippen LogP contribution in [0.15, 0.2) is 76.4 Å². The van der Waals surface area contributed by atoms with Crippen molar-refractivity contribution in [1.29, 1.82) is 0 Å². The summed E-state index contributed by atoms with van der Waals surface area (Å²) in [6.45, 7) is 0. The number of nitrogens with zero attached hydrogens (tertiary/aromatic N) is 1. The van der Waals surface area contributed by atoms with Crippen molar-refractivity contribution in [2.45, 2.75) is 10.6 Å². The second-order valence-corrected chi connectivity index (χ2v) is 7.22. The van der Waals surface area contributed by atoms with Gasteiger partial charge >= 0.3 is 0 Å². The van der Waals surface area contributed by atoms with Gasteiger partial charge in [0.2, 0.25) is 0 Å². The quantitative estimate of drug-likeness (QED) is 0.556. The topological polar surface area (TPSA) is 42.0 Å². The molecule has 3 aromatic rings. The molecule has 0 unspecified atom stereocenters. The van der Waals surface area contributed by atoms with Crippen molar-refractivity contribution in [1.82, 2.24) is 4.98 Å². The number of nitrogens with one attached hydrogen (secondary N) is 1. The fourth-order valence-corrected chi connectivity index (χ4v) is 3.33. The fourth-order valence-electron chi connectivity index (χ4n) is 2.14. The molecule has 0 bridgehead atoms. The first kappa shape index (κ1) is 17.6. The SMILES string of the molecule is O=C(Nc1cc(Br)ccc1F)c1ccc(SCc2cccnc2)cc1. The van der Waals surface area contributed by atoms with Crippen molar-refractivity contribution in [3.63, 3.8) is 0 Å². The Morgan fingerprint density at radius 3 is 2.68 bits per heavy atom. The van der Waals surface area contributed by atoms with Crippen LogP contribution in [0.1, 0.15) is 15.9 Å². The minimum Gasteiger partial charge on any atom is -0.319 e. The van der Waals surface area contributed by atoms with E-state index in [0.29, 0.717) is 10.0 Å². The summed E-state index contributed by atoms with van der Waals surface area (Å²) in [5, 5.41) is 2.59. The molecule has 1 N–H and O–H groups in total. The van der Waals surface area contributed by atoms with E-state index in [1.165, 1.54) is 12.1 Å². The van der Waals surface area contributed by atoms with Gasteiger partial charge in [0, 0.05) is 33.1 Å². The molecule has 1 aromatic heterocycles. The minimum absolute atomic E-state index is 0.148. The van der Waals surface area contributed by atoms with E-state index in [2.05, 4.69) is 26.2 Å². The number of thioether (sulfide) groups is 1. The van der Waals surface area contributed by atoms with E-state index in [9.17, 15) is 9.18 Å². The van der Waals surface area contributed by atoms with E-state index in [1.807, 2.05) is 30.5 Å². The van der Waals surface area contributed by atoms with Crippen LogP contribution in [0.5, 0.6) is 0 Å². The summed E-state index contributed by atoms with van der Waals surface area (Å²) in [6, 6.07) is 15.6. The third-order valence-electron chi connectivity index (χ3n) is 3.42. The van der Waals surface area contributed by atoms with Gasteiger partial charge in [0.05, 0.1) is 5.69 Å². The molecule has 0 fully saturated rings. The number of carbonyl (C=O) groups excluding carboxylic acids is 1. The average Bonchev–Trinajstić information content (AvgIpc) is 2.64. The molecule has 25 heavy (non-hydrogen) atoms. The second kappa shape index (κ2) is 8.27. The Kier molecular flexibility index (Phi) is 5.83. The summed E-state index contributed by atoms with van der Waals surface area (Å²) in [7, 11) is 0. The van der Waals surface area contributed by atoms with Gasteiger partial charge in [-0.15, -0.1) is 11.8 Å². The van der Waals surface area contributed by atoms with Crippen molar-refractivity contribution >= 4 is 39.3 Å². The molecule has 126 valence electrons. The number of aromatic nitrogens is 1. The largest absolute Gasteiger partial charge is 0.319 e. The Morgan fingerprint density at radius 1 is 1.16 bits per heavy atom. The van der Waals surface area contributed by atoms with E-state index in [1.54, 1.807) is 36.2 Å². The molecule has 1 amide bonds. The first-order valence-corrected chi connectivity index (χ1v) is 9.28. The Labute approximate surface area is 157 Å². The summed E-state index contributed by atoms with van der Waals surface area (Å²) >= 11 is 4.93. The highest BCUT2D eigenvalue weighted by atomic mass is 79.9. The van der Waals surface area contributed by atoms with Crippen LogP contribution in [0.2, 0.25) is 0 Å². The number of carbonyl (C=O) groups is 1. The summed E-state index contributed by atoms with van der Waals surface area (Å²) in [4.78, 5) is 17.4. The molecule has 6 heteroatoms. The highest BCUT2D eigenvalue weighted by Crippen LogP contribution is 2.24. The van der Waals surface area contributed by atoms with Crippen LogP contribution in [0.3, 0.4) is 0 Å². The summed E-state index contributed by atoms with van der Waals surface area (Å²) < 4.78 is 14.4. The molecule has 0 saturated carbocycles. The normalized spacial score (nSPS) is 10.5. The highest BCUT2D eigenvalue weighted by Gasteiger charge is 2.10. The lowest BCUT2D eigenvalue weighted by Gasteiger charge is -2.08. The standard InChI is InChI=1S/C19H14BrFN2OS/c20-15-5-8-17(21)18(10-15)23-19(24)14-3-6-16(7-4-14)25-12-13-2-1-9-22-11-13/h1-11H,12H2,(H,23,24). The third-order valence-corrected chi connectivity index (χ3v) is 5.00. The van der Waals surface area contributed by atoms with Gasteiger partial charge in [-0.3, -0.25) is 9.78 Å². The van der Waals surface area contributed by atoms with Gasteiger partial charge in [-0.25, -0.2) is 4.39 Å². The minimum atomic E-state index is -0.472. The molecule has 0 spiro atoms. The first-order valence-electron chi connectivity index (χ1n) is 7.50. The molecule has 0 aliphatic rings. The first-order chi connectivity index (χ1) is 12.1. The molecule has 0 aliphatic heterocycles. The van der Waals surface area contributed by atoms with Gasteiger partial charge in [-0.05, 0) is 54.1 Å². The lowest BCUT2D eigenvalue weighted by molar-refractivity contribution is 0.102. The Morgan fingerprint density at radius 2 is 1.96 bits per heavy atom. The predicted octanol–water partition coefficient (Wildman–Crippen LogP) is 5.53. The zero-order valence-corrected chi connectivity index (χ0v) is 15.5. The van der Waals surface area contributed by atoms with Gasteiger partial charge in [0.25, 0.3) is 5.91 Å². The van der Waals surface area contributed by atoms with E-state index in [0.717, 1.165) is 16.2 Å². The molecule has 1 heterocycles. The van der Waals surface area contributed by atoms with Gasteiger partial charge in [0.1, 0.15) is 5.82 Å². The summed E-state index contributed by atoms with van der Waals surface area (Å²) in [6.07, 6.45) is 3.58. The van der Waals surface area contributed by atoms with Gasteiger partial charge in [-0.2, -0.15) is 0 Å². The molecule has 0 saturated heterocycles. The molecule has 0 radical (unpaired) electrons. The smallest absolute Gasteiger partial charge is 0.255 e. The maximum atomic E-state index is 13.7. The molecule has 0 aliphatic carbocycles. The molecule has 3 nitrogen and oxygen atoms in total. The van der Waals surface area contributed by atoms with Crippen LogP contribution in [-0.2, 0) is 5.75 Å². The Balaban J connectivity index is 1.63. The Bertz CT molecular complexity index is 872. The van der Waals surface area contributed by atoms with Crippen molar-refractivity contribution in [3.8, 4) is 0 Å². The lowest BCUT2D eigenvalue weighted by Crippen LogP contribution is -2.12. The number of hydrogen-bond donors (Lipinski definition) is 1. The van der Waals surface area contributed by atoms with Gasteiger partial charge < -0.3 is 5.32 Å². The molecular weight excluding hydrogens is 403 g/mol. The van der Waals surface area contributed by atoms with E-state index in [-0.39, 0.29) is 11.6 Å². The zero-order chi connectivity index (χ0) is 17.6. The number of benzene rings is 2. The fraction of sp³-hybridized carbons (Fsp3) is 0.0526. The van der Waals surface area contributed by atoms with Gasteiger partial charge in [0.15, 0.2) is 0 Å².